The molecule has 0 saturated carbocycles. The highest BCUT2D eigenvalue weighted by Crippen LogP contribution is 2.30. The number of hydrogen-bond donors (Lipinski definition) is 1. The van der Waals surface area contributed by atoms with Crippen molar-refractivity contribution in [2.45, 2.75) is 18.9 Å². The van der Waals surface area contributed by atoms with E-state index >= 15 is 0 Å². The maximum absolute atomic E-state index is 13.8. The van der Waals surface area contributed by atoms with Crippen LogP contribution in [0.1, 0.15) is 24.4 Å². The molecule has 0 spiro atoms. The van der Waals surface area contributed by atoms with Gasteiger partial charge in [0.1, 0.15) is 5.82 Å². The van der Waals surface area contributed by atoms with Crippen molar-refractivity contribution in [2.24, 2.45) is 11.7 Å². The largest absolute Gasteiger partial charge is 0.324 e. The first-order valence-corrected chi connectivity index (χ1v) is 8.40. The van der Waals surface area contributed by atoms with Crippen molar-refractivity contribution >= 4 is 25.8 Å². The van der Waals surface area contributed by atoms with E-state index in [4.69, 9.17) is 5.73 Å². The molecule has 1 aromatic carbocycles. The predicted molar refractivity (Wildman–Crippen MR) is 72.4 cm³/mol. The lowest BCUT2D eigenvalue weighted by Gasteiger charge is -2.17. The van der Waals surface area contributed by atoms with Crippen LogP contribution in [0.4, 0.5) is 4.39 Å². The average Bonchev–Trinajstić information content (AvgIpc) is 2.62. The molecule has 0 aromatic heterocycles. The Morgan fingerprint density at radius 2 is 2.22 bits per heavy atom. The molecule has 0 bridgehead atoms. The van der Waals surface area contributed by atoms with Gasteiger partial charge in [0.05, 0.1) is 16.0 Å². The lowest BCUT2D eigenvalue weighted by Crippen LogP contribution is -2.17. The molecule has 0 amide bonds. The first-order chi connectivity index (χ1) is 8.39. The normalized spacial score (nSPS) is 24.1. The Bertz CT molecular complexity index is 547. The van der Waals surface area contributed by atoms with Gasteiger partial charge in [-0.1, -0.05) is 12.1 Å². The highest BCUT2D eigenvalue weighted by atomic mass is 79.9. The summed E-state index contributed by atoms with van der Waals surface area (Å²) in [6.45, 7) is 0. The smallest absolute Gasteiger partial charge is 0.150 e. The Morgan fingerprint density at radius 3 is 2.83 bits per heavy atom. The Balaban J connectivity index is 2.09. The highest BCUT2D eigenvalue weighted by molar-refractivity contribution is 9.10. The van der Waals surface area contributed by atoms with Crippen molar-refractivity contribution in [3.05, 3.63) is 34.1 Å². The van der Waals surface area contributed by atoms with Gasteiger partial charge in [-0.15, -0.1) is 0 Å². The van der Waals surface area contributed by atoms with Crippen LogP contribution in [-0.4, -0.2) is 19.9 Å². The van der Waals surface area contributed by atoms with Gasteiger partial charge in [-0.2, -0.15) is 0 Å². The van der Waals surface area contributed by atoms with E-state index in [2.05, 4.69) is 15.9 Å². The van der Waals surface area contributed by atoms with E-state index in [1.807, 2.05) is 0 Å². The highest BCUT2D eigenvalue weighted by Gasteiger charge is 2.29. The third-order valence-electron chi connectivity index (χ3n) is 3.29. The molecule has 2 atom stereocenters. The van der Waals surface area contributed by atoms with Crippen LogP contribution in [0.2, 0.25) is 0 Å². The van der Waals surface area contributed by atoms with E-state index in [0.29, 0.717) is 22.9 Å². The fraction of sp³-hybridized carbons (Fsp3) is 0.500. The third kappa shape index (κ3) is 3.10. The van der Waals surface area contributed by atoms with Gasteiger partial charge in [-0.3, -0.25) is 0 Å². The predicted octanol–water partition coefficient (Wildman–Crippen LogP) is 2.41. The van der Waals surface area contributed by atoms with E-state index in [-0.39, 0.29) is 23.2 Å². The summed E-state index contributed by atoms with van der Waals surface area (Å²) in [5.41, 5.74) is 6.42. The summed E-state index contributed by atoms with van der Waals surface area (Å²) >= 11 is 3.12. The zero-order valence-electron chi connectivity index (χ0n) is 9.77. The quantitative estimate of drug-likeness (QED) is 0.922. The number of benzene rings is 1. The number of hydrogen-bond acceptors (Lipinski definition) is 3. The minimum atomic E-state index is -2.90. The van der Waals surface area contributed by atoms with Gasteiger partial charge in [0.25, 0.3) is 0 Å². The molecule has 100 valence electrons. The van der Waals surface area contributed by atoms with E-state index in [9.17, 15) is 12.8 Å². The molecule has 1 aliphatic heterocycles. The summed E-state index contributed by atoms with van der Waals surface area (Å²) in [5.74, 6) is 0.0935. The van der Waals surface area contributed by atoms with Gasteiger partial charge >= 0.3 is 0 Å². The number of sulfone groups is 1. The van der Waals surface area contributed by atoms with Crippen LogP contribution in [0.25, 0.3) is 0 Å². The van der Waals surface area contributed by atoms with Gasteiger partial charge in [0, 0.05) is 11.6 Å². The molecule has 1 aliphatic rings. The molecule has 2 unspecified atom stereocenters. The van der Waals surface area contributed by atoms with Crippen molar-refractivity contribution < 1.29 is 12.8 Å². The number of rotatable bonds is 3. The second kappa shape index (κ2) is 5.27. The van der Waals surface area contributed by atoms with Crippen molar-refractivity contribution in [1.82, 2.24) is 0 Å². The van der Waals surface area contributed by atoms with Crippen molar-refractivity contribution in [1.29, 1.82) is 0 Å². The molecule has 18 heavy (non-hydrogen) atoms. The molecule has 0 aliphatic carbocycles. The summed E-state index contributed by atoms with van der Waals surface area (Å²) in [4.78, 5) is 0. The first kappa shape index (κ1) is 14.0. The van der Waals surface area contributed by atoms with Crippen LogP contribution in [0.15, 0.2) is 22.7 Å². The van der Waals surface area contributed by atoms with E-state index in [0.717, 1.165) is 0 Å². The lowest BCUT2D eigenvalue weighted by molar-refractivity contribution is 0.465. The number of nitrogens with two attached hydrogens (primary N) is 1. The molecule has 1 heterocycles. The summed E-state index contributed by atoms with van der Waals surface area (Å²) in [6, 6.07) is 4.54. The van der Waals surface area contributed by atoms with Gasteiger partial charge in [-0.05, 0) is 40.8 Å². The van der Waals surface area contributed by atoms with Crippen LogP contribution in [0.5, 0.6) is 0 Å². The Hall–Kier alpha value is -0.460. The molecule has 1 fully saturated rings. The van der Waals surface area contributed by atoms with Crippen LogP contribution < -0.4 is 5.73 Å². The Labute approximate surface area is 115 Å². The van der Waals surface area contributed by atoms with E-state index < -0.39 is 15.9 Å². The van der Waals surface area contributed by atoms with Crippen molar-refractivity contribution in [3.8, 4) is 0 Å². The van der Waals surface area contributed by atoms with Crippen molar-refractivity contribution in [3.63, 3.8) is 0 Å². The number of halogens is 2. The Morgan fingerprint density at radius 1 is 1.50 bits per heavy atom. The first-order valence-electron chi connectivity index (χ1n) is 5.79. The maximum Gasteiger partial charge on any atom is 0.150 e. The van der Waals surface area contributed by atoms with Gasteiger partial charge in [0.15, 0.2) is 9.84 Å². The summed E-state index contributed by atoms with van der Waals surface area (Å²) in [7, 11) is -2.90. The monoisotopic (exact) mass is 335 g/mol. The fourth-order valence-corrected chi connectivity index (χ4v) is 4.61. The molecule has 3 nitrogen and oxygen atoms in total. The third-order valence-corrected chi connectivity index (χ3v) is 5.74. The second-order valence-corrected chi connectivity index (χ2v) is 7.84. The minimum Gasteiger partial charge on any atom is -0.324 e. The molecule has 2 N–H and O–H groups in total. The second-order valence-electron chi connectivity index (χ2n) is 4.75. The molecule has 1 saturated heterocycles. The van der Waals surface area contributed by atoms with Crippen LogP contribution in [-0.2, 0) is 9.84 Å². The molecule has 6 heteroatoms. The summed E-state index contributed by atoms with van der Waals surface area (Å²) in [5, 5.41) is 0. The van der Waals surface area contributed by atoms with Crippen LogP contribution >= 0.6 is 15.9 Å². The van der Waals surface area contributed by atoms with Gasteiger partial charge in [0.2, 0.25) is 0 Å². The molecular formula is C12H15BrFNO2S. The topological polar surface area (TPSA) is 60.2 Å². The molecule has 1 aromatic rings. The van der Waals surface area contributed by atoms with Crippen LogP contribution in [0.3, 0.4) is 0 Å². The molecule has 2 rings (SSSR count). The standard InChI is InChI=1S/C12H15BrFNO2S/c13-10-3-1-2-9(12(10)14)11(15)6-8-4-5-18(16,17)7-8/h1-3,8,11H,4-7,15H2. The maximum atomic E-state index is 13.8. The van der Waals surface area contributed by atoms with Crippen LogP contribution in [0, 0.1) is 11.7 Å². The lowest BCUT2D eigenvalue weighted by atomic mass is 9.95. The van der Waals surface area contributed by atoms with Gasteiger partial charge in [-0.25, -0.2) is 12.8 Å². The minimum absolute atomic E-state index is 0.0448. The van der Waals surface area contributed by atoms with Crippen molar-refractivity contribution in [2.75, 3.05) is 11.5 Å². The van der Waals surface area contributed by atoms with Gasteiger partial charge < -0.3 is 5.73 Å². The van der Waals surface area contributed by atoms with E-state index in [1.54, 1.807) is 18.2 Å². The summed E-state index contributed by atoms with van der Waals surface area (Å²) < 4.78 is 36.9. The average molecular weight is 336 g/mol. The molecule has 0 radical (unpaired) electrons. The molecular weight excluding hydrogens is 321 g/mol. The fourth-order valence-electron chi connectivity index (χ4n) is 2.35. The zero-order valence-corrected chi connectivity index (χ0v) is 12.2. The summed E-state index contributed by atoms with van der Waals surface area (Å²) in [6.07, 6.45) is 1.14. The zero-order chi connectivity index (χ0) is 13.3. The SMILES string of the molecule is NC(CC1CCS(=O)(=O)C1)c1cccc(Br)c1F. The van der Waals surface area contributed by atoms with E-state index in [1.165, 1.54) is 0 Å². The Kier molecular flexibility index (Phi) is 4.08.